The summed E-state index contributed by atoms with van der Waals surface area (Å²) in [6.07, 6.45) is 3.68. The first-order valence-corrected chi connectivity index (χ1v) is 5.59. The minimum Gasteiger partial charge on any atom is -0.337 e. The molecule has 0 saturated carbocycles. The molecule has 0 spiro atoms. The summed E-state index contributed by atoms with van der Waals surface area (Å²) in [4.78, 5) is 4.21. The third-order valence-corrected chi connectivity index (χ3v) is 2.83. The van der Waals surface area contributed by atoms with Crippen LogP contribution in [-0.2, 0) is 20.1 Å². The highest BCUT2D eigenvalue weighted by Gasteiger charge is 2.02. The number of hydrogen-bond acceptors (Lipinski definition) is 2. The first-order chi connectivity index (χ1) is 8.16. The third kappa shape index (κ3) is 2.91. The largest absolute Gasteiger partial charge is 0.337 e. The van der Waals surface area contributed by atoms with Crippen molar-refractivity contribution in [1.29, 1.82) is 0 Å². The summed E-state index contributed by atoms with van der Waals surface area (Å²) in [5.41, 5.74) is 2.08. The lowest BCUT2D eigenvalue weighted by Crippen LogP contribution is -2.16. The van der Waals surface area contributed by atoms with Gasteiger partial charge in [-0.2, -0.15) is 0 Å². The van der Waals surface area contributed by atoms with Crippen molar-refractivity contribution in [3.05, 3.63) is 53.4 Å². The molecule has 0 radical (unpaired) electrons. The van der Waals surface area contributed by atoms with Crippen molar-refractivity contribution < 1.29 is 4.39 Å². The maximum Gasteiger partial charge on any atom is 0.123 e. The van der Waals surface area contributed by atoms with E-state index in [9.17, 15) is 4.39 Å². The van der Waals surface area contributed by atoms with Crippen molar-refractivity contribution in [2.24, 2.45) is 7.05 Å². The Labute approximate surface area is 100 Å². The summed E-state index contributed by atoms with van der Waals surface area (Å²) in [7, 11) is 1.96. The van der Waals surface area contributed by atoms with Gasteiger partial charge in [-0.25, -0.2) is 9.37 Å². The molecule has 1 heterocycles. The van der Waals surface area contributed by atoms with E-state index < -0.39 is 0 Å². The van der Waals surface area contributed by atoms with Gasteiger partial charge in [-0.3, -0.25) is 0 Å². The molecular formula is C13H16FN3. The number of aryl methyl sites for hydroxylation is 2. The molecule has 0 bridgehead atoms. The Morgan fingerprint density at radius 1 is 1.35 bits per heavy atom. The van der Waals surface area contributed by atoms with Gasteiger partial charge in [0.05, 0.1) is 6.54 Å². The average Bonchev–Trinajstić information content (AvgIpc) is 2.70. The zero-order valence-corrected chi connectivity index (χ0v) is 10.1. The van der Waals surface area contributed by atoms with Crippen LogP contribution in [0.3, 0.4) is 0 Å². The van der Waals surface area contributed by atoms with Crippen molar-refractivity contribution in [3.8, 4) is 0 Å². The molecule has 0 aliphatic carbocycles. The summed E-state index contributed by atoms with van der Waals surface area (Å²) in [6.45, 7) is 3.31. The summed E-state index contributed by atoms with van der Waals surface area (Å²) in [5.74, 6) is 0.781. The van der Waals surface area contributed by atoms with Gasteiger partial charge in [-0.1, -0.05) is 6.07 Å². The molecule has 4 heteroatoms. The lowest BCUT2D eigenvalue weighted by atomic mass is 10.1. The van der Waals surface area contributed by atoms with Crippen LogP contribution >= 0.6 is 0 Å². The van der Waals surface area contributed by atoms with E-state index in [0.717, 1.165) is 17.0 Å². The lowest BCUT2D eigenvalue weighted by molar-refractivity contribution is 0.611. The normalized spacial score (nSPS) is 10.8. The molecule has 0 aliphatic heterocycles. The van der Waals surface area contributed by atoms with Crippen molar-refractivity contribution in [2.75, 3.05) is 0 Å². The highest BCUT2D eigenvalue weighted by molar-refractivity contribution is 5.26. The van der Waals surface area contributed by atoms with Gasteiger partial charge in [0.15, 0.2) is 0 Å². The van der Waals surface area contributed by atoms with Crippen LogP contribution in [0.25, 0.3) is 0 Å². The maximum atomic E-state index is 13.1. The molecule has 0 fully saturated rings. The second-order valence-electron chi connectivity index (χ2n) is 4.13. The molecule has 90 valence electrons. The highest BCUT2D eigenvalue weighted by atomic mass is 19.1. The van der Waals surface area contributed by atoms with Crippen LogP contribution in [0.2, 0.25) is 0 Å². The number of halogens is 1. The van der Waals surface area contributed by atoms with Gasteiger partial charge in [0.1, 0.15) is 11.6 Å². The number of nitrogens with one attached hydrogen (secondary N) is 1. The Morgan fingerprint density at radius 2 is 2.18 bits per heavy atom. The number of imidazole rings is 1. The van der Waals surface area contributed by atoms with Gasteiger partial charge >= 0.3 is 0 Å². The quantitative estimate of drug-likeness (QED) is 0.877. The predicted octanol–water partition coefficient (Wildman–Crippen LogP) is 2.16. The fourth-order valence-electron chi connectivity index (χ4n) is 1.71. The SMILES string of the molecule is Cc1ccc(F)cc1CNCc1nccn1C. The zero-order valence-electron chi connectivity index (χ0n) is 10.1. The van der Waals surface area contributed by atoms with Crippen LogP contribution in [0.4, 0.5) is 4.39 Å². The first kappa shape index (κ1) is 11.8. The summed E-state index contributed by atoms with van der Waals surface area (Å²) in [5, 5.41) is 3.26. The van der Waals surface area contributed by atoms with Crippen molar-refractivity contribution in [1.82, 2.24) is 14.9 Å². The van der Waals surface area contributed by atoms with Crippen LogP contribution in [-0.4, -0.2) is 9.55 Å². The van der Waals surface area contributed by atoms with Crippen molar-refractivity contribution in [2.45, 2.75) is 20.0 Å². The summed E-state index contributed by atoms with van der Waals surface area (Å²) in [6, 6.07) is 4.85. The number of nitrogens with zero attached hydrogens (tertiary/aromatic N) is 2. The monoisotopic (exact) mass is 233 g/mol. The van der Waals surface area contributed by atoms with Crippen LogP contribution in [0.1, 0.15) is 17.0 Å². The van der Waals surface area contributed by atoms with E-state index in [-0.39, 0.29) is 5.82 Å². The Balaban J connectivity index is 1.94. The molecule has 3 nitrogen and oxygen atoms in total. The minimum atomic E-state index is -0.190. The van der Waals surface area contributed by atoms with E-state index in [2.05, 4.69) is 10.3 Å². The molecule has 0 amide bonds. The Kier molecular flexibility index (Phi) is 3.54. The van der Waals surface area contributed by atoms with E-state index >= 15 is 0 Å². The Morgan fingerprint density at radius 3 is 2.88 bits per heavy atom. The molecule has 2 aromatic rings. The summed E-state index contributed by atoms with van der Waals surface area (Å²) >= 11 is 0. The number of rotatable bonds is 4. The second kappa shape index (κ2) is 5.10. The standard InChI is InChI=1S/C13H16FN3/c1-10-3-4-12(14)7-11(10)8-15-9-13-16-5-6-17(13)2/h3-7,15H,8-9H2,1-2H3. The first-order valence-electron chi connectivity index (χ1n) is 5.59. The van der Waals surface area contributed by atoms with Gasteiger partial charge in [0, 0.05) is 26.0 Å². The minimum absolute atomic E-state index is 0.190. The van der Waals surface area contributed by atoms with E-state index in [1.54, 1.807) is 18.3 Å². The fraction of sp³-hybridized carbons (Fsp3) is 0.308. The number of benzene rings is 1. The van der Waals surface area contributed by atoms with Crippen molar-refractivity contribution in [3.63, 3.8) is 0 Å². The van der Waals surface area contributed by atoms with Gasteiger partial charge in [-0.15, -0.1) is 0 Å². The van der Waals surface area contributed by atoms with E-state index in [1.807, 2.05) is 24.7 Å². The number of aromatic nitrogens is 2. The van der Waals surface area contributed by atoms with E-state index in [0.29, 0.717) is 13.1 Å². The van der Waals surface area contributed by atoms with E-state index in [1.165, 1.54) is 6.07 Å². The molecule has 0 aliphatic rings. The van der Waals surface area contributed by atoms with Gasteiger partial charge < -0.3 is 9.88 Å². The molecule has 0 unspecified atom stereocenters. The van der Waals surface area contributed by atoms with Gasteiger partial charge in [0.25, 0.3) is 0 Å². The van der Waals surface area contributed by atoms with Gasteiger partial charge in [0.2, 0.25) is 0 Å². The Bertz CT molecular complexity index is 505. The second-order valence-corrected chi connectivity index (χ2v) is 4.13. The van der Waals surface area contributed by atoms with Crippen LogP contribution in [0.5, 0.6) is 0 Å². The highest BCUT2D eigenvalue weighted by Crippen LogP contribution is 2.09. The molecule has 0 saturated heterocycles. The topological polar surface area (TPSA) is 29.9 Å². The average molecular weight is 233 g/mol. The predicted molar refractivity (Wildman–Crippen MR) is 64.9 cm³/mol. The molecule has 1 N–H and O–H groups in total. The van der Waals surface area contributed by atoms with Crippen LogP contribution in [0.15, 0.2) is 30.6 Å². The Hall–Kier alpha value is -1.68. The lowest BCUT2D eigenvalue weighted by Gasteiger charge is -2.08. The maximum absolute atomic E-state index is 13.1. The summed E-state index contributed by atoms with van der Waals surface area (Å²) < 4.78 is 15.0. The molecule has 2 rings (SSSR count). The van der Waals surface area contributed by atoms with Crippen LogP contribution in [0, 0.1) is 12.7 Å². The van der Waals surface area contributed by atoms with E-state index in [4.69, 9.17) is 0 Å². The fourth-order valence-corrected chi connectivity index (χ4v) is 1.71. The smallest absolute Gasteiger partial charge is 0.123 e. The molecule has 17 heavy (non-hydrogen) atoms. The number of hydrogen-bond donors (Lipinski definition) is 1. The molecule has 1 aromatic heterocycles. The van der Waals surface area contributed by atoms with Gasteiger partial charge in [-0.05, 0) is 30.2 Å². The third-order valence-electron chi connectivity index (χ3n) is 2.83. The molecule has 1 aromatic carbocycles. The zero-order chi connectivity index (χ0) is 12.3. The van der Waals surface area contributed by atoms with Crippen LogP contribution < -0.4 is 5.32 Å². The molecule has 0 atom stereocenters. The molecular weight excluding hydrogens is 217 g/mol. The van der Waals surface area contributed by atoms with Crippen molar-refractivity contribution >= 4 is 0 Å².